The van der Waals surface area contributed by atoms with Gasteiger partial charge < -0.3 is 5.11 Å². The van der Waals surface area contributed by atoms with Crippen molar-refractivity contribution in [2.24, 2.45) is 0 Å². The molecular weight excluding hydrogens is 294 g/mol. The zero-order valence-corrected chi connectivity index (χ0v) is 14.1. The second-order valence-electron chi connectivity index (χ2n) is 5.35. The lowest BCUT2D eigenvalue weighted by Gasteiger charge is -2.28. The van der Waals surface area contributed by atoms with E-state index in [1.807, 2.05) is 20.8 Å². The van der Waals surface area contributed by atoms with Crippen molar-refractivity contribution in [3.8, 4) is 0 Å². The Hall–Kier alpha value is -0.660. The highest BCUT2D eigenvalue weighted by atomic mass is 32.2. The molecule has 0 aliphatic rings. The van der Waals surface area contributed by atoms with Gasteiger partial charge in [-0.1, -0.05) is 18.2 Å². The van der Waals surface area contributed by atoms with Crippen molar-refractivity contribution in [2.75, 3.05) is 5.75 Å². The molecule has 7 heteroatoms. The maximum Gasteiger partial charge on any atom is 0.323 e. The van der Waals surface area contributed by atoms with Crippen molar-refractivity contribution in [3.63, 3.8) is 0 Å². The summed E-state index contributed by atoms with van der Waals surface area (Å²) in [5.41, 5.74) is -0.835. The third kappa shape index (κ3) is 5.76. The summed E-state index contributed by atoms with van der Waals surface area (Å²) in [4.78, 5) is 15.6. The van der Waals surface area contributed by atoms with Crippen LogP contribution in [0.15, 0.2) is 4.34 Å². The van der Waals surface area contributed by atoms with Crippen molar-refractivity contribution < 1.29 is 9.90 Å². The summed E-state index contributed by atoms with van der Waals surface area (Å²) in [5.74, 6) is 0.988. The van der Waals surface area contributed by atoms with E-state index in [1.165, 1.54) is 11.5 Å². The van der Waals surface area contributed by atoms with Crippen LogP contribution in [-0.2, 0) is 4.79 Å². The van der Waals surface area contributed by atoms with Crippen molar-refractivity contribution >= 4 is 29.3 Å². The van der Waals surface area contributed by atoms with E-state index in [1.54, 1.807) is 18.7 Å². The highest BCUT2D eigenvalue weighted by Crippen LogP contribution is 2.22. The number of hydrogen-bond acceptors (Lipinski definition) is 6. The SMILES string of the molecule is Cc1nsc(SCCCCC(C)(NC(C)C)C(=O)O)n1. The lowest BCUT2D eigenvalue weighted by molar-refractivity contribution is -0.144. The van der Waals surface area contributed by atoms with Crippen molar-refractivity contribution in [2.45, 2.75) is 62.9 Å². The molecule has 0 radical (unpaired) electrons. The molecule has 1 aromatic rings. The molecule has 0 saturated carbocycles. The number of carboxylic acid groups (broad SMARTS) is 1. The summed E-state index contributed by atoms with van der Waals surface area (Å²) in [6.45, 7) is 7.58. The number of aliphatic carboxylic acids is 1. The van der Waals surface area contributed by atoms with Crippen LogP contribution in [0.1, 0.15) is 45.9 Å². The maximum atomic E-state index is 11.4. The summed E-state index contributed by atoms with van der Waals surface area (Å²) in [6, 6.07) is 0.162. The number of thioether (sulfide) groups is 1. The fourth-order valence-corrected chi connectivity index (χ4v) is 3.67. The van der Waals surface area contributed by atoms with Crippen LogP contribution in [0.2, 0.25) is 0 Å². The first-order valence-electron chi connectivity index (χ1n) is 6.77. The monoisotopic (exact) mass is 317 g/mol. The Bertz CT molecular complexity index is 437. The molecule has 0 saturated heterocycles. The Morgan fingerprint density at radius 2 is 2.20 bits per heavy atom. The van der Waals surface area contributed by atoms with E-state index in [0.29, 0.717) is 6.42 Å². The quantitative estimate of drug-likeness (QED) is 0.539. The number of aromatic nitrogens is 2. The number of unbranched alkanes of at least 4 members (excludes halogenated alkanes) is 1. The topological polar surface area (TPSA) is 75.1 Å². The van der Waals surface area contributed by atoms with Crippen molar-refractivity contribution in [1.82, 2.24) is 14.7 Å². The highest BCUT2D eigenvalue weighted by molar-refractivity contribution is 8.00. The molecule has 1 unspecified atom stereocenters. The van der Waals surface area contributed by atoms with Crippen LogP contribution in [0.25, 0.3) is 0 Å². The number of nitrogens with zero attached hydrogens (tertiary/aromatic N) is 2. The van der Waals surface area contributed by atoms with Crippen LogP contribution in [0.3, 0.4) is 0 Å². The third-order valence-corrected chi connectivity index (χ3v) is 4.90. The fraction of sp³-hybridized carbons (Fsp3) is 0.769. The molecular formula is C13H23N3O2S2. The Kier molecular flexibility index (Phi) is 6.91. The minimum absolute atomic E-state index is 0.162. The van der Waals surface area contributed by atoms with Crippen LogP contribution in [0, 0.1) is 6.92 Å². The number of carbonyl (C=O) groups is 1. The maximum absolute atomic E-state index is 11.4. The fourth-order valence-electron chi connectivity index (χ4n) is 1.95. The van der Waals surface area contributed by atoms with E-state index >= 15 is 0 Å². The molecule has 0 aliphatic heterocycles. The summed E-state index contributed by atoms with van der Waals surface area (Å²) in [7, 11) is 0. The van der Waals surface area contributed by atoms with Crippen LogP contribution in [-0.4, -0.2) is 37.8 Å². The van der Waals surface area contributed by atoms with Gasteiger partial charge in [0.25, 0.3) is 0 Å². The smallest absolute Gasteiger partial charge is 0.323 e. The molecule has 0 bridgehead atoms. The first-order valence-corrected chi connectivity index (χ1v) is 8.53. The van der Waals surface area contributed by atoms with Gasteiger partial charge in [0.05, 0.1) is 0 Å². The summed E-state index contributed by atoms with van der Waals surface area (Å²) < 4.78 is 5.12. The standard InChI is InChI=1S/C13H23N3O2S2/c1-9(2)15-13(4,11(17)18)7-5-6-8-19-12-14-10(3)16-20-12/h9,15H,5-8H2,1-4H3,(H,17,18). The number of rotatable bonds is 9. The molecule has 0 aliphatic carbocycles. The predicted octanol–water partition coefficient (Wildman–Crippen LogP) is 2.95. The normalized spacial score (nSPS) is 14.4. The number of carboxylic acids is 1. The van der Waals surface area contributed by atoms with Crippen LogP contribution in [0.4, 0.5) is 0 Å². The molecule has 0 amide bonds. The van der Waals surface area contributed by atoms with E-state index in [4.69, 9.17) is 0 Å². The van der Waals surface area contributed by atoms with Crippen LogP contribution < -0.4 is 5.32 Å². The van der Waals surface area contributed by atoms with E-state index < -0.39 is 11.5 Å². The van der Waals surface area contributed by atoms with Crippen molar-refractivity contribution in [3.05, 3.63) is 5.82 Å². The van der Waals surface area contributed by atoms with Gasteiger partial charge in [-0.15, -0.1) is 0 Å². The first-order chi connectivity index (χ1) is 9.33. The molecule has 114 valence electrons. The molecule has 0 fully saturated rings. The minimum Gasteiger partial charge on any atom is -0.480 e. The lowest BCUT2D eigenvalue weighted by atomic mass is 9.94. The van der Waals surface area contributed by atoms with E-state index in [-0.39, 0.29) is 6.04 Å². The minimum atomic E-state index is -0.835. The van der Waals surface area contributed by atoms with E-state index in [0.717, 1.165) is 28.8 Å². The van der Waals surface area contributed by atoms with Gasteiger partial charge in [-0.05, 0) is 52.1 Å². The van der Waals surface area contributed by atoms with Gasteiger partial charge in [-0.25, -0.2) is 4.98 Å². The zero-order chi connectivity index (χ0) is 15.2. The Labute approximate surface area is 128 Å². The van der Waals surface area contributed by atoms with Crippen LogP contribution >= 0.6 is 23.3 Å². The predicted molar refractivity (Wildman–Crippen MR) is 83.5 cm³/mol. The number of aryl methyl sites for hydroxylation is 1. The highest BCUT2D eigenvalue weighted by Gasteiger charge is 2.32. The molecule has 2 N–H and O–H groups in total. The Morgan fingerprint density at radius 3 is 2.70 bits per heavy atom. The average Bonchev–Trinajstić information content (AvgIpc) is 2.73. The lowest BCUT2D eigenvalue weighted by Crippen LogP contribution is -2.52. The van der Waals surface area contributed by atoms with Crippen LogP contribution in [0.5, 0.6) is 0 Å². The second kappa shape index (κ2) is 7.95. The molecule has 1 aromatic heterocycles. The van der Waals surface area contributed by atoms with Gasteiger partial charge in [-0.2, -0.15) is 4.37 Å². The Balaban J connectivity index is 2.29. The second-order valence-corrected chi connectivity index (χ2v) is 7.44. The molecule has 1 rings (SSSR count). The summed E-state index contributed by atoms with van der Waals surface area (Å²) in [5, 5.41) is 12.5. The average molecular weight is 317 g/mol. The van der Waals surface area contributed by atoms with E-state index in [2.05, 4.69) is 14.7 Å². The summed E-state index contributed by atoms with van der Waals surface area (Å²) >= 11 is 3.11. The van der Waals surface area contributed by atoms with Gasteiger partial charge in [0.15, 0.2) is 4.34 Å². The van der Waals surface area contributed by atoms with Gasteiger partial charge in [0.2, 0.25) is 0 Å². The van der Waals surface area contributed by atoms with Crippen molar-refractivity contribution in [1.29, 1.82) is 0 Å². The van der Waals surface area contributed by atoms with E-state index in [9.17, 15) is 9.90 Å². The van der Waals surface area contributed by atoms with Gasteiger partial charge in [0, 0.05) is 11.8 Å². The van der Waals surface area contributed by atoms with Gasteiger partial charge >= 0.3 is 5.97 Å². The third-order valence-electron chi connectivity index (χ3n) is 2.88. The molecule has 20 heavy (non-hydrogen) atoms. The number of nitrogens with one attached hydrogen (secondary N) is 1. The number of hydrogen-bond donors (Lipinski definition) is 2. The molecule has 0 aromatic carbocycles. The zero-order valence-electron chi connectivity index (χ0n) is 12.5. The van der Waals surface area contributed by atoms with Gasteiger partial charge in [-0.3, -0.25) is 10.1 Å². The largest absolute Gasteiger partial charge is 0.480 e. The molecule has 1 heterocycles. The molecule has 0 spiro atoms. The summed E-state index contributed by atoms with van der Waals surface area (Å²) in [6.07, 6.45) is 2.50. The Morgan fingerprint density at radius 1 is 1.50 bits per heavy atom. The molecule has 1 atom stereocenters. The first kappa shape index (κ1) is 17.4. The van der Waals surface area contributed by atoms with Gasteiger partial charge in [0.1, 0.15) is 11.4 Å². The molecule has 5 nitrogen and oxygen atoms in total.